The highest BCUT2D eigenvalue weighted by Gasteiger charge is 2.23. The van der Waals surface area contributed by atoms with E-state index in [2.05, 4.69) is 38.2 Å². The van der Waals surface area contributed by atoms with E-state index in [0.717, 1.165) is 0 Å². The number of benzene rings is 1. The summed E-state index contributed by atoms with van der Waals surface area (Å²) in [5, 5.41) is 0. The van der Waals surface area contributed by atoms with Crippen LogP contribution in [0.2, 0.25) is 0 Å². The monoisotopic (exact) mass is 316 g/mol. The topological polar surface area (TPSA) is 0 Å². The Morgan fingerprint density at radius 2 is 1.30 bits per heavy atom. The highest BCUT2D eigenvalue weighted by atomic mass is 15.3. The lowest BCUT2D eigenvalue weighted by Crippen LogP contribution is -2.49. The molecule has 130 valence electrons. The smallest absolute Gasteiger partial charge is 0.0825 e. The predicted molar refractivity (Wildman–Crippen MR) is 102 cm³/mol. The van der Waals surface area contributed by atoms with Crippen LogP contribution in [0.15, 0.2) is 24.3 Å². The van der Waals surface area contributed by atoms with E-state index in [9.17, 15) is 0 Å². The molecular formula is C22H38N+. The van der Waals surface area contributed by atoms with Crippen molar-refractivity contribution in [1.82, 2.24) is 0 Å². The molecule has 0 atom stereocenters. The lowest BCUT2D eigenvalue weighted by Gasteiger charge is -2.37. The van der Waals surface area contributed by atoms with Gasteiger partial charge in [0.2, 0.25) is 0 Å². The summed E-state index contributed by atoms with van der Waals surface area (Å²) in [5.41, 5.74) is 3.06. The van der Waals surface area contributed by atoms with Crippen LogP contribution < -0.4 is 0 Å². The van der Waals surface area contributed by atoms with Gasteiger partial charge in [-0.3, -0.25) is 0 Å². The van der Waals surface area contributed by atoms with E-state index in [1.807, 2.05) is 0 Å². The van der Waals surface area contributed by atoms with Gasteiger partial charge in [0.15, 0.2) is 0 Å². The van der Waals surface area contributed by atoms with Crippen LogP contribution in [-0.4, -0.2) is 31.2 Å². The molecule has 1 heterocycles. The normalized spacial score (nSPS) is 17.3. The number of nitrogens with zero attached hydrogens (tertiary/aromatic N) is 1. The van der Waals surface area contributed by atoms with Crippen LogP contribution in [0.3, 0.4) is 0 Å². The van der Waals surface area contributed by atoms with Gasteiger partial charge in [0.25, 0.3) is 0 Å². The maximum Gasteiger partial charge on any atom is 0.0825 e. The van der Waals surface area contributed by atoms with Gasteiger partial charge in [-0.2, -0.15) is 0 Å². The van der Waals surface area contributed by atoms with Gasteiger partial charge in [0.1, 0.15) is 0 Å². The molecule has 23 heavy (non-hydrogen) atoms. The molecule has 0 spiro atoms. The summed E-state index contributed by atoms with van der Waals surface area (Å²) in [7, 11) is 2.45. The number of quaternary nitrogens is 1. The van der Waals surface area contributed by atoms with Crippen molar-refractivity contribution >= 4 is 0 Å². The zero-order chi connectivity index (χ0) is 16.4. The number of hydrogen-bond acceptors (Lipinski definition) is 0. The van der Waals surface area contributed by atoms with Crippen molar-refractivity contribution in [3.63, 3.8) is 0 Å². The fourth-order valence-corrected chi connectivity index (χ4v) is 3.88. The first-order valence-electron chi connectivity index (χ1n) is 10.1. The molecule has 0 bridgehead atoms. The summed E-state index contributed by atoms with van der Waals surface area (Å²) in [6.45, 7) is 6.37. The molecule has 0 amide bonds. The summed E-state index contributed by atoms with van der Waals surface area (Å²) in [6.07, 6.45) is 15.2. The van der Waals surface area contributed by atoms with Crippen molar-refractivity contribution in [2.75, 3.05) is 26.7 Å². The SMILES string of the molecule is CCCCCCCCc1ccc(CC[N+]2(C)CCCCC2)cc1. The zero-order valence-electron chi connectivity index (χ0n) is 15.7. The summed E-state index contributed by atoms with van der Waals surface area (Å²) in [5.74, 6) is 0. The van der Waals surface area contributed by atoms with Crippen LogP contribution >= 0.6 is 0 Å². The van der Waals surface area contributed by atoms with Crippen LogP contribution in [0, 0.1) is 0 Å². The Labute approximate surface area is 144 Å². The number of hydrogen-bond donors (Lipinski definition) is 0. The predicted octanol–water partition coefficient (Wildman–Crippen LogP) is 5.76. The second kappa shape index (κ2) is 10.1. The molecule has 1 aromatic rings. The van der Waals surface area contributed by atoms with Crippen LogP contribution in [0.4, 0.5) is 0 Å². The molecule has 0 aliphatic carbocycles. The summed E-state index contributed by atoms with van der Waals surface area (Å²) in [6, 6.07) is 9.50. The number of likely N-dealkylation sites (tertiary alicyclic amines) is 1. The molecule has 1 heteroatoms. The average molecular weight is 317 g/mol. The number of likely N-dealkylation sites (N-methyl/N-ethyl adjacent to an activating group) is 1. The number of piperidine rings is 1. The lowest BCUT2D eigenvalue weighted by atomic mass is 10.0. The van der Waals surface area contributed by atoms with Crippen molar-refractivity contribution in [2.24, 2.45) is 0 Å². The van der Waals surface area contributed by atoms with Gasteiger partial charge < -0.3 is 4.48 Å². The second-order valence-electron chi connectivity index (χ2n) is 7.94. The highest BCUT2D eigenvalue weighted by Crippen LogP contribution is 2.18. The lowest BCUT2D eigenvalue weighted by molar-refractivity contribution is -0.913. The summed E-state index contributed by atoms with van der Waals surface area (Å²) < 4.78 is 1.29. The van der Waals surface area contributed by atoms with E-state index < -0.39 is 0 Å². The Kier molecular flexibility index (Phi) is 8.16. The molecule has 1 aliphatic rings. The molecule has 1 aliphatic heterocycles. The quantitative estimate of drug-likeness (QED) is 0.380. The molecule has 0 aromatic heterocycles. The Hall–Kier alpha value is -0.820. The van der Waals surface area contributed by atoms with E-state index >= 15 is 0 Å². The Bertz CT molecular complexity index is 414. The Morgan fingerprint density at radius 3 is 1.96 bits per heavy atom. The van der Waals surface area contributed by atoms with Gasteiger partial charge in [0, 0.05) is 6.42 Å². The minimum absolute atomic E-state index is 1.24. The van der Waals surface area contributed by atoms with Crippen LogP contribution in [0.1, 0.15) is 75.8 Å². The van der Waals surface area contributed by atoms with Crippen molar-refractivity contribution in [1.29, 1.82) is 0 Å². The van der Waals surface area contributed by atoms with Gasteiger partial charge in [-0.1, -0.05) is 63.3 Å². The molecule has 2 rings (SSSR count). The summed E-state index contributed by atoms with van der Waals surface area (Å²) in [4.78, 5) is 0. The number of rotatable bonds is 10. The van der Waals surface area contributed by atoms with E-state index in [1.54, 1.807) is 0 Å². The zero-order valence-corrected chi connectivity index (χ0v) is 15.7. The molecular weight excluding hydrogens is 278 g/mol. The fourth-order valence-electron chi connectivity index (χ4n) is 3.88. The Balaban J connectivity index is 1.65. The first-order valence-corrected chi connectivity index (χ1v) is 10.1. The molecule has 0 radical (unpaired) electrons. The van der Waals surface area contributed by atoms with Crippen molar-refractivity contribution < 1.29 is 4.48 Å². The third-order valence-electron chi connectivity index (χ3n) is 5.68. The molecule has 0 unspecified atom stereocenters. The highest BCUT2D eigenvalue weighted by molar-refractivity contribution is 5.22. The summed E-state index contributed by atoms with van der Waals surface area (Å²) >= 11 is 0. The van der Waals surface area contributed by atoms with Crippen LogP contribution in [0.5, 0.6) is 0 Å². The largest absolute Gasteiger partial charge is 0.326 e. The molecule has 0 saturated carbocycles. The van der Waals surface area contributed by atoms with E-state index in [1.165, 1.54) is 106 Å². The van der Waals surface area contributed by atoms with Gasteiger partial charge in [0.05, 0.1) is 26.7 Å². The minimum atomic E-state index is 1.24. The van der Waals surface area contributed by atoms with Crippen molar-refractivity contribution in [3.05, 3.63) is 35.4 Å². The van der Waals surface area contributed by atoms with Crippen LogP contribution in [0.25, 0.3) is 0 Å². The van der Waals surface area contributed by atoms with Crippen molar-refractivity contribution in [3.8, 4) is 0 Å². The fraction of sp³-hybridized carbons (Fsp3) is 0.727. The molecule has 1 saturated heterocycles. The third kappa shape index (κ3) is 7.08. The molecule has 0 N–H and O–H groups in total. The Morgan fingerprint density at radius 1 is 0.739 bits per heavy atom. The first kappa shape index (κ1) is 18.5. The molecule has 1 nitrogen and oxygen atoms in total. The average Bonchev–Trinajstić information content (AvgIpc) is 2.58. The van der Waals surface area contributed by atoms with E-state index in [0.29, 0.717) is 0 Å². The number of unbranched alkanes of at least 4 members (excludes halogenated alkanes) is 5. The molecule has 1 fully saturated rings. The maximum atomic E-state index is 2.45. The molecule has 1 aromatic carbocycles. The van der Waals surface area contributed by atoms with Gasteiger partial charge in [-0.15, -0.1) is 0 Å². The van der Waals surface area contributed by atoms with Crippen LogP contribution in [-0.2, 0) is 12.8 Å². The van der Waals surface area contributed by atoms with Gasteiger partial charge in [-0.05, 0) is 43.2 Å². The van der Waals surface area contributed by atoms with Gasteiger partial charge >= 0.3 is 0 Å². The number of aryl methyl sites for hydroxylation is 1. The van der Waals surface area contributed by atoms with E-state index in [-0.39, 0.29) is 0 Å². The minimum Gasteiger partial charge on any atom is -0.326 e. The van der Waals surface area contributed by atoms with Crippen molar-refractivity contribution in [2.45, 2.75) is 77.6 Å². The first-order chi connectivity index (χ1) is 11.2. The second-order valence-corrected chi connectivity index (χ2v) is 7.94. The third-order valence-corrected chi connectivity index (χ3v) is 5.68. The van der Waals surface area contributed by atoms with E-state index in [4.69, 9.17) is 0 Å². The maximum absolute atomic E-state index is 2.45. The van der Waals surface area contributed by atoms with Gasteiger partial charge in [-0.25, -0.2) is 0 Å². The standard InChI is InChI=1S/C22H38N/c1-3-4-5-6-7-9-12-21-13-15-22(16-14-21)17-20-23(2)18-10-8-11-19-23/h13-16H,3-12,17-20H2,1-2H3/q+1.